The molecule has 2 aromatic rings. The lowest BCUT2D eigenvalue weighted by Gasteiger charge is -2.13. The Balaban J connectivity index is 2.62. The first kappa shape index (κ1) is 20.1. The van der Waals surface area contributed by atoms with Crippen molar-refractivity contribution in [3.63, 3.8) is 0 Å². The van der Waals surface area contributed by atoms with E-state index in [1.54, 1.807) is 6.92 Å². The molecule has 0 atom stereocenters. The quantitative estimate of drug-likeness (QED) is 0.377. The summed E-state index contributed by atoms with van der Waals surface area (Å²) in [6.45, 7) is 3.89. The van der Waals surface area contributed by atoms with Gasteiger partial charge in [0.15, 0.2) is 12.2 Å². The lowest BCUT2D eigenvalue weighted by molar-refractivity contribution is -0.137. The Morgan fingerprint density at radius 2 is 1.96 bits per heavy atom. The summed E-state index contributed by atoms with van der Waals surface area (Å²) in [4.78, 5) is 4.06. The summed E-state index contributed by atoms with van der Waals surface area (Å²) < 4.78 is 45.0. The van der Waals surface area contributed by atoms with Crippen LogP contribution < -0.4 is 0 Å². The highest BCUT2D eigenvalue weighted by Crippen LogP contribution is 2.39. The van der Waals surface area contributed by atoms with E-state index in [1.807, 2.05) is 13.0 Å². The molecule has 0 saturated carbocycles. The fourth-order valence-electron chi connectivity index (χ4n) is 2.11. The van der Waals surface area contributed by atoms with E-state index in [2.05, 4.69) is 10.1 Å². The molecule has 26 heavy (non-hydrogen) atoms. The van der Waals surface area contributed by atoms with Gasteiger partial charge in [-0.3, -0.25) is 0 Å². The molecule has 0 fully saturated rings. The van der Waals surface area contributed by atoms with E-state index >= 15 is 0 Å². The summed E-state index contributed by atoms with van der Waals surface area (Å²) in [5, 5.41) is 12.9. The van der Waals surface area contributed by atoms with Crippen LogP contribution in [-0.4, -0.2) is 22.8 Å². The second-order valence-corrected chi connectivity index (χ2v) is 6.01. The van der Waals surface area contributed by atoms with Crippen molar-refractivity contribution in [3.05, 3.63) is 39.0 Å². The summed E-state index contributed by atoms with van der Waals surface area (Å²) in [5.74, 6) is 0.0599. The molecule has 0 aliphatic rings. The summed E-state index contributed by atoms with van der Waals surface area (Å²) in [5.41, 5.74) is -0.541. The maximum Gasteiger partial charge on any atom is 0.416 e. The summed E-state index contributed by atoms with van der Waals surface area (Å²) in [7, 11) is 0. The number of hydrogen-bond acceptors (Lipinski definition) is 4. The molecule has 138 valence electrons. The summed E-state index contributed by atoms with van der Waals surface area (Å²) >= 11 is 12.0. The number of nitrogens with zero attached hydrogens (tertiary/aromatic N) is 4. The van der Waals surface area contributed by atoms with Crippen molar-refractivity contribution < 1.29 is 17.9 Å². The number of alkyl halides is 3. The molecule has 5 nitrogen and oxygen atoms in total. The van der Waals surface area contributed by atoms with Crippen molar-refractivity contribution in [1.29, 1.82) is 5.26 Å². The number of hydrogen-bond donors (Lipinski definition) is 0. The van der Waals surface area contributed by atoms with Gasteiger partial charge in [0.25, 0.3) is 0 Å². The highest BCUT2D eigenvalue weighted by molar-refractivity contribution is 6.38. The molecule has 0 spiro atoms. The van der Waals surface area contributed by atoms with E-state index in [1.165, 1.54) is 0 Å². The molecule has 10 heteroatoms. The van der Waals surface area contributed by atoms with Crippen molar-refractivity contribution in [2.75, 3.05) is 6.61 Å². The number of aromatic nitrogens is 2. The first-order valence-corrected chi connectivity index (χ1v) is 8.16. The van der Waals surface area contributed by atoms with E-state index in [0.717, 1.165) is 29.6 Å². The predicted octanol–water partition coefficient (Wildman–Crippen LogP) is 5.46. The third-order valence-corrected chi connectivity index (χ3v) is 3.85. The maximum absolute atomic E-state index is 12.9. The Morgan fingerprint density at radius 3 is 2.46 bits per heavy atom. The second-order valence-electron chi connectivity index (χ2n) is 5.20. The zero-order chi connectivity index (χ0) is 19.5. The lowest BCUT2D eigenvalue weighted by atomic mass is 10.2. The van der Waals surface area contributed by atoms with E-state index in [9.17, 15) is 18.4 Å². The van der Waals surface area contributed by atoms with Gasteiger partial charge in [-0.1, -0.05) is 30.1 Å². The number of aryl methyl sites for hydroxylation is 1. The fraction of sp³-hybridized carbons (Fsp3) is 0.312. The topological polar surface area (TPSA) is 63.2 Å². The molecule has 0 unspecified atom stereocenters. The number of nitriles is 1. The molecule has 1 aromatic carbocycles. The van der Waals surface area contributed by atoms with E-state index < -0.39 is 11.7 Å². The van der Waals surface area contributed by atoms with E-state index in [0.29, 0.717) is 12.3 Å². The predicted molar refractivity (Wildman–Crippen MR) is 92.4 cm³/mol. The van der Waals surface area contributed by atoms with Gasteiger partial charge >= 0.3 is 6.18 Å². The average molecular weight is 405 g/mol. The van der Waals surface area contributed by atoms with Crippen LogP contribution in [-0.2, 0) is 10.9 Å². The molecule has 1 aromatic heterocycles. The van der Waals surface area contributed by atoms with Crippen LogP contribution in [0.3, 0.4) is 0 Å². The van der Waals surface area contributed by atoms with Gasteiger partial charge in [0.05, 0.1) is 27.9 Å². The van der Waals surface area contributed by atoms with Crippen molar-refractivity contribution in [3.8, 4) is 11.8 Å². The number of rotatable bonds is 5. The van der Waals surface area contributed by atoms with Crippen molar-refractivity contribution in [1.82, 2.24) is 9.78 Å². The van der Waals surface area contributed by atoms with E-state index in [4.69, 9.17) is 27.9 Å². The van der Waals surface area contributed by atoms with Crippen LogP contribution in [0.1, 0.15) is 30.2 Å². The van der Waals surface area contributed by atoms with Crippen LogP contribution in [0.4, 0.5) is 19.0 Å². The first-order valence-electron chi connectivity index (χ1n) is 7.41. The third-order valence-electron chi connectivity index (χ3n) is 3.28. The number of halogens is 5. The molecule has 0 radical (unpaired) electrons. The minimum absolute atomic E-state index is 0.00595. The normalized spacial score (nSPS) is 11.8. The minimum atomic E-state index is -4.60. The van der Waals surface area contributed by atoms with E-state index in [-0.39, 0.29) is 27.1 Å². The Bertz CT molecular complexity index is 862. The molecule has 0 aliphatic carbocycles. The van der Waals surface area contributed by atoms with Crippen molar-refractivity contribution >= 4 is 35.4 Å². The van der Waals surface area contributed by atoms with Gasteiger partial charge in [0.2, 0.25) is 0 Å². The Kier molecular flexibility index (Phi) is 6.16. The monoisotopic (exact) mass is 404 g/mol. The Labute approximate surface area is 157 Å². The van der Waals surface area contributed by atoms with Crippen LogP contribution in [0.15, 0.2) is 17.1 Å². The zero-order valence-corrected chi connectivity index (χ0v) is 15.2. The van der Waals surface area contributed by atoms with Crippen LogP contribution in [0.25, 0.3) is 5.69 Å². The van der Waals surface area contributed by atoms with Crippen LogP contribution in [0, 0.1) is 18.3 Å². The average Bonchev–Trinajstić information content (AvgIpc) is 2.85. The van der Waals surface area contributed by atoms with Gasteiger partial charge < -0.3 is 4.74 Å². The van der Waals surface area contributed by atoms with Gasteiger partial charge in [-0.25, -0.2) is 4.68 Å². The van der Waals surface area contributed by atoms with Gasteiger partial charge in [-0.15, -0.1) is 0 Å². The minimum Gasteiger partial charge on any atom is -0.483 e. The fourth-order valence-corrected chi connectivity index (χ4v) is 2.76. The standard InChI is InChI=1S/C16H13Cl2F3N4O/c1-3-4-26-8-23-15-11(7-22)9(2)24-25(15)14-12(17)5-10(6-13(14)18)16(19,20)21/h5-6,8H,3-4H2,1-2H3. The SMILES string of the molecule is CCCOC=Nc1c(C#N)c(C)nn1-c1c(Cl)cc(C(F)(F)F)cc1Cl. The molecule has 0 bridgehead atoms. The Morgan fingerprint density at radius 1 is 1.35 bits per heavy atom. The van der Waals surface area contributed by atoms with Gasteiger partial charge in [-0.05, 0) is 25.5 Å². The molecule has 0 aliphatic heterocycles. The number of aliphatic imine (C=N–C) groups is 1. The van der Waals surface area contributed by atoms with Gasteiger partial charge in [0.1, 0.15) is 17.3 Å². The Hall–Kier alpha value is -2.24. The largest absolute Gasteiger partial charge is 0.483 e. The molecule has 0 N–H and O–H groups in total. The number of ether oxygens (including phenoxy) is 1. The third kappa shape index (κ3) is 4.11. The van der Waals surface area contributed by atoms with Crippen LogP contribution in [0.5, 0.6) is 0 Å². The number of benzene rings is 1. The highest BCUT2D eigenvalue weighted by Gasteiger charge is 2.32. The van der Waals surface area contributed by atoms with Crippen molar-refractivity contribution in [2.24, 2.45) is 4.99 Å². The molecular formula is C16H13Cl2F3N4O. The molecule has 0 saturated heterocycles. The lowest BCUT2D eigenvalue weighted by Crippen LogP contribution is -2.07. The smallest absolute Gasteiger partial charge is 0.416 e. The van der Waals surface area contributed by atoms with Crippen LogP contribution >= 0.6 is 23.2 Å². The van der Waals surface area contributed by atoms with Crippen LogP contribution in [0.2, 0.25) is 10.0 Å². The van der Waals surface area contributed by atoms with Crippen molar-refractivity contribution in [2.45, 2.75) is 26.4 Å². The first-order chi connectivity index (χ1) is 12.2. The molecular weight excluding hydrogens is 392 g/mol. The summed E-state index contributed by atoms with van der Waals surface area (Å²) in [6, 6.07) is 3.44. The maximum atomic E-state index is 12.9. The highest BCUT2D eigenvalue weighted by atomic mass is 35.5. The molecule has 0 amide bonds. The second kappa shape index (κ2) is 7.98. The van der Waals surface area contributed by atoms with Gasteiger partial charge in [-0.2, -0.15) is 28.5 Å². The van der Waals surface area contributed by atoms with Gasteiger partial charge in [0, 0.05) is 0 Å². The summed E-state index contributed by atoms with van der Waals surface area (Å²) in [6.07, 6.45) is -2.70. The molecule has 1 heterocycles. The zero-order valence-electron chi connectivity index (χ0n) is 13.7. The molecule has 2 rings (SSSR count).